The van der Waals surface area contributed by atoms with Gasteiger partial charge >= 0.3 is 0 Å². The predicted molar refractivity (Wildman–Crippen MR) is 83.7 cm³/mol. The van der Waals surface area contributed by atoms with Crippen molar-refractivity contribution in [2.45, 2.75) is 38.6 Å². The highest BCUT2D eigenvalue weighted by Gasteiger charge is 2.26. The SMILES string of the molecule is CC1CCC(N(C)C(=O)c2ccncc2C#CCN)CC1. The van der Waals surface area contributed by atoms with E-state index in [1.165, 1.54) is 12.8 Å². The Morgan fingerprint density at radius 2 is 2.14 bits per heavy atom. The zero-order chi connectivity index (χ0) is 15.2. The van der Waals surface area contributed by atoms with Gasteiger partial charge in [0, 0.05) is 25.5 Å². The molecule has 0 bridgehead atoms. The molecule has 0 unspecified atom stereocenters. The van der Waals surface area contributed by atoms with E-state index in [0.29, 0.717) is 17.2 Å². The van der Waals surface area contributed by atoms with E-state index in [1.807, 2.05) is 11.9 Å². The summed E-state index contributed by atoms with van der Waals surface area (Å²) in [7, 11) is 1.89. The fourth-order valence-electron chi connectivity index (χ4n) is 2.81. The van der Waals surface area contributed by atoms with Crippen LogP contribution in [0.5, 0.6) is 0 Å². The highest BCUT2D eigenvalue weighted by Crippen LogP contribution is 2.27. The zero-order valence-corrected chi connectivity index (χ0v) is 12.8. The van der Waals surface area contributed by atoms with Crippen LogP contribution < -0.4 is 5.73 Å². The second-order valence-corrected chi connectivity index (χ2v) is 5.76. The third kappa shape index (κ3) is 3.83. The fourth-order valence-corrected chi connectivity index (χ4v) is 2.81. The molecular formula is C17H23N3O. The smallest absolute Gasteiger partial charge is 0.255 e. The van der Waals surface area contributed by atoms with Crippen molar-refractivity contribution in [3.05, 3.63) is 29.6 Å². The lowest BCUT2D eigenvalue weighted by atomic mass is 9.86. The summed E-state index contributed by atoms with van der Waals surface area (Å²) in [5.74, 6) is 6.53. The minimum Gasteiger partial charge on any atom is -0.339 e. The summed E-state index contributed by atoms with van der Waals surface area (Å²) < 4.78 is 0. The first-order chi connectivity index (χ1) is 10.1. The number of rotatable bonds is 2. The molecule has 1 aromatic rings. The minimum absolute atomic E-state index is 0.0262. The molecule has 0 aromatic carbocycles. The van der Waals surface area contributed by atoms with E-state index in [-0.39, 0.29) is 12.5 Å². The van der Waals surface area contributed by atoms with Crippen molar-refractivity contribution < 1.29 is 4.79 Å². The summed E-state index contributed by atoms with van der Waals surface area (Å²) in [4.78, 5) is 18.6. The van der Waals surface area contributed by atoms with Crippen LogP contribution in [0.15, 0.2) is 18.5 Å². The molecule has 0 spiro atoms. The Labute approximate surface area is 126 Å². The maximum absolute atomic E-state index is 12.7. The molecule has 1 aromatic heterocycles. The third-order valence-electron chi connectivity index (χ3n) is 4.23. The van der Waals surface area contributed by atoms with Crippen LogP contribution in [0.1, 0.15) is 48.5 Å². The molecule has 4 heteroatoms. The summed E-state index contributed by atoms with van der Waals surface area (Å²) in [5, 5.41) is 0. The highest BCUT2D eigenvalue weighted by atomic mass is 16.2. The average molecular weight is 285 g/mol. The standard InChI is InChI=1S/C17H23N3O/c1-13-5-7-15(8-6-13)20(2)17(21)16-9-11-19-12-14(16)4-3-10-18/h9,11-13,15H,5-8,10,18H2,1-2H3. The number of hydrogen-bond acceptors (Lipinski definition) is 3. The molecule has 1 heterocycles. The highest BCUT2D eigenvalue weighted by molar-refractivity contribution is 5.96. The van der Waals surface area contributed by atoms with Crippen LogP contribution in [0.25, 0.3) is 0 Å². The van der Waals surface area contributed by atoms with Gasteiger partial charge in [0.15, 0.2) is 0 Å². The first kappa shape index (κ1) is 15.5. The Morgan fingerprint density at radius 1 is 1.43 bits per heavy atom. The van der Waals surface area contributed by atoms with Crippen LogP contribution in [-0.4, -0.2) is 35.4 Å². The Morgan fingerprint density at radius 3 is 2.81 bits per heavy atom. The molecule has 1 amide bonds. The average Bonchev–Trinajstić information content (AvgIpc) is 2.52. The molecule has 2 N–H and O–H groups in total. The van der Waals surface area contributed by atoms with Crippen molar-refractivity contribution in [1.82, 2.24) is 9.88 Å². The quantitative estimate of drug-likeness (QED) is 0.846. The van der Waals surface area contributed by atoms with Gasteiger partial charge in [0.1, 0.15) is 0 Å². The van der Waals surface area contributed by atoms with Gasteiger partial charge in [-0.05, 0) is 37.7 Å². The number of carbonyl (C=O) groups excluding carboxylic acids is 1. The molecule has 1 fully saturated rings. The summed E-state index contributed by atoms with van der Waals surface area (Å²) in [6.45, 7) is 2.56. The third-order valence-corrected chi connectivity index (χ3v) is 4.23. The number of hydrogen-bond donors (Lipinski definition) is 1. The molecule has 1 aliphatic rings. The fraction of sp³-hybridized carbons (Fsp3) is 0.529. The molecule has 1 saturated carbocycles. The number of nitrogens with zero attached hydrogens (tertiary/aromatic N) is 2. The van der Waals surface area contributed by atoms with Gasteiger partial charge in [0.2, 0.25) is 0 Å². The maximum atomic E-state index is 12.7. The summed E-state index contributed by atoms with van der Waals surface area (Å²) >= 11 is 0. The Balaban J connectivity index is 2.16. The van der Waals surface area contributed by atoms with E-state index in [2.05, 4.69) is 23.7 Å². The first-order valence-electron chi connectivity index (χ1n) is 7.53. The van der Waals surface area contributed by atoms with Crippen LogP contribution in [0.3, 0.4) is 0 Å². The van der Waals surface area contributed by atoms with E-state index in [4.69, 9.17) is 5.73 Å². The van der Waals surface area contributed by atoms with Crippen molar-refractivity contribution >= 4 is 5.91 Å². The second-order valence-electron chi connectivity index (χ2n) is 5.76. The van der Waals surface area contributed by atoms with E-state index in [0.717, 1.165) is 18.8 Å². The number of nitrogens with two attached hydrogens (primary N) is 1. The topological polar surface area (TPSA) is 59.2 Å². The number of aromatic nitrogens is 1. The number of pyridine rings is 1. The van der Waals surface area contributed by atoms with Crippen molar-refractivity contribution in [3.63, 3.8) is 0 Å². The summed E-state index contributed by atoms with van der Waals surface area (Å²) in [5.41, 5.74) is 6.68. The Hall–Kier alpha value is -1.86. The van der Waals surface area contributed by atoms with Crippen LogP contribution in [-0.2, 0) is 0 Å². The molecule has 1 aliphatic carbocycles. The van der Waals surface area contributed by atoms with Gasteiger partial charge in [-0.2, -0.15) is 0 Å². The lowest BCUT2D eigenvalue weighted by molar-refractivity contribution is 0.0679. The van der Waals surface area contributed by atoms with Gasteiger partial charge in [-0.25, -0.2) is 0 Å². The van der Waals surface area contributed by atoms with E-state index >= 15 is 0 Å². The van der Waals surface area contributed by atoms with Gasteiger partial charge in [-0.1, -0.05) is 18.8 Å². The molecule has 0 atom stereocenters. The van der Waals surface area contributed by atoms with Crippen LogP contribution in [0.2, 0.25) is 0 Å². The van der Waals surface area contributed by atoms with Gasteiger partial charge in [-0.15, -0.1) is 0 Å². The van der Waals surface area contributed by atoms with Gasteiger partial charge < -0.3 is 10.6 Å². The van der Waals surface area contributed by atoms with Crippen molar-refractivity contribution in [3.8, 4) is 11.8 Å². The summed E-state index contributed by atoms with van der Waals surface area (Å²) in [6.07, 6.45) is 7.82. The molecule has 0 radical (unpaired) electrons. The van der Waals surface area contributed by atoms with Gasteiger partial charge in [0.05, 0.1) is 17.7 Å². The van der Waals surface area contributed by atoms with Crippen molar-refractivity contribution in [1.29, 1.82) is 0 Å². The Kier molecular flexibility index (Phi) is 5.35. The molecule has 2 rings (SSSR count). The zero-order valence-electron chi connectivity index (χ0n) is 12.8. The van der Waals surface area contributed by atoms with Crippen molar-refractivity contribution in [2.24, 2.45) is 11.7 Å². The lowest BCUT2D eigenvalue weighted by Crippen LogP contribution is -2.39. The van der Waals surface area contributed by atoms with Gasteiger partial charge in [0.25, 0.3) is 5.91 Å². The summed E-state index contributed by atoms with van der Waals surface area (Å²) in [6, 6.07) is 2.07. The van der Waals surface area contributed by atoms with E-state index < -0.39 is 0 Å². The molecule has 0 aliphatic heterocycles. The normalized spacial score (nSPS) is 21.3. The van der Waals surface area contributed by atoms with Gasteiger partial charge in [-0.3, -0.25) is 9.78 Å². The van der Waals surface area contributed by atoms with E-state index in [1.54, 1.807) is 18.5 Å². The van der Waals surface area contributed by atoms with Crippen LogP contribution >= 0.6 is 0 Å². The minimum atomic E-state index is 0.0262. The largest absolute Gasteiger partial charge is 0.339 e. The Bertz CT molecular complexity index is 551. The predicted octanol–water partition coefficient (Wildman–Crippen LogP) is 2.04. The number of carbonyl (C=O) groups is 1. The molecule has 0 saturated heterocycles. The molecule has 112 valence electrons. The molecule has 4 nitrogen and oxygen atoms in total. The van der Waals surface area contributed by atoms with Crippen LogP contribution in [0, 0.1) is 17.8 Å². The van der Waals surface area contributed by atoms with E-state index in [9.17, 15) is 4.79 Å². The first-order valence-corrected chi connectivity index (χ1v) is 7.53. The molecule has 21 heavy (non-hydrogen) atoms. The maximum Gasteiger partial charge on any atom is 0.255 e. The number of amides is 1. The van der Waals surface area contributed by atoms with Crippen LogP contribution in [0.4, 0.5) is 0 Å². The monoisotopic (exact) mass is 285 g/mol. The lowest BCUT2D eigenvalue weighted by Gasteiger charge is -2.33. The van der Waals surface area contributed by atoms with Crippen molar-refractivity contribution in [2.75, 3.05) is 13.6 Å². The second kappa shape index (κ2) is 7.24. The molecular weight excluding hydrogens is 262 g/mol.